The molecule has 94 valence electrons. The van der Waals surface area contributed by atoms with Crippen LogP contribution in [0.15, 0.2) is 16.7 Å². The van der Waals surface area contributed by atoms with Gasteiger partial charge in [0.05, 0.1) is 21.0 Å². The van der Waals surface area contributed by atoms with Crippen molar-refractivity contribution in [1.29, 1.82) is 0 Å². The molecule has 0 aromatic carbocycles. The summed E-state index contributed by atoms with van der Waals surface area (Å²) >= 11 is 9.23. The van der Waals surface area contributed by atoms with Gasteiger partial charge >= 0.3 is 0 Å². The molecule has 1 aromatic heterocycles. The minimum atomic E-state index is -2.90. The van der Waals surface area contributed by atoms with Crippen LogP contribution >= 0.6 is 27.5 Å². The molecule has 0 aliphatic carbocycles. The molecule has 0 saturated carbocycles. The first-order valence-corrected chi connectivity index (χ1v) is 8.16. The van der Waals surface area contributed by atoms with Crippen LogP contribution in [0.5, 0.6) is 0 Å². The molecule has 1 aliphatic rings. The summed E-state index contributed by atoms with van der Waals surface area (Å²) in [7, 11) is -2.90. The van der Waals surface area contributed by atoms with Crippen molar-refractivity contribution < 1.29 is 8.42 Å². The zero-order valence-corrected chi connectivity index (χ0v) is 12.4. The summed E-state index contributed by atoms with van der Waals surface area (Å²) in [4.78, 5) is 6.24. The second-order valence-electron chi connectivity index (χ2n) is 4.12. The van der Waals surface area contributed by atoms with E-state index in [4.69, 9.17) is 11.6 Å². The summed E-state index contributed by atoms with van der Waals surface area (Å²) in [6.45, 7) is 2.36. The van der Waals surface area contributed by atoms with Gasteiger partial charge in [0.25, 0.3) is 0 Å². The van der Waals surface area contributed by atoms with Crippen molar-refractivity contribution in [3.63, 3.8) is 0 Å². The highest BCUT2D eigenvalue weighted by atomic mass is 79.9. The van der Waals surface area contributed by atoms with Gasteiger partial charge in [-0.3, -0.25) is 0 Å². The van der Waals surface area contributed by atoms with E-state index in [0.29, 0.717) is 11.6 Å². The van der Waals surface area contributed by atoms with Gasteiger partial charge in [-0.05, 0) is 28.9 Å². The standard InChI is InChI=1S/C10H12BrClN2O2S/c1-7-6-17(15,16)3-2-14(7)10-9(11)4-8(12)5-13-10/h4-5,7H,2-3,6H2,1H3. The third-order valence-electron chi connectivity index (χ3n) is 2.73. The van der Waals surface area contributed by atoms with Crippen molar-refractivity contribution >= 4 is 43.2 Å². The van der Waals surface area contributed by atoms with E-state index < -0.39 is 9.84 Å². The Balaban J connectivity index is 2.29. The molecule has 1 saturated heterocycles. The van der Waals surface area contributed by atoms with Crippen LogP contribution < -0.4 is 4.90 Å². The molecule has 0 N–H and O–H groups in total. The number of hydrogen-bond acceptors (Lipinski definition) is 4. The summed E-state index contributed by atoms with van der Waals surface area (Å²) in [5.74, 6) is 1.09. The van der Waals surface area contributed by atoms with Crippen LogP contribution in [0.4, 0.5) is 5.82 Å². The number of sulfone groups is 1. The normalized spacial score (nSPS) is 23.7. The minimum absolute atomic E-state index is 0.0706. The smallest absolute Gasteiger partial charge is 0.154 e. The van der Waals surface area contributed by atoms with Gasteiger partial charge in [0, 0.05) is 18.8 Å². The van der Waals surface area contributed by atoms with Crippen LogP contribution in [0.1, 0.15) is 6.92 Å². The van der Waals surface area contributed by atoms with E-state index >= 15 is 0 Å². The number of hydrogen-bond donors (Lipinski definition) is 0. The Labute approximate surface area is 114 Å². The minimum Gasteiger partial charge on any atom is -0.351 e. The Morgan fingerprint density at radius 3 is 2.88 bits per heavy atom. The molecule has 0 bridgehead atoms. The number of rotatable bonds is 1. The Hall–Kier alpha value is -0.330. The van der Waals surface area contributed by atoms with E-state index in [0.717, 1.165) is 10.3 Å². The Kier molecular flexibility index (Phi) is 3.66. The van der Waals surface area contributed by atoms with Crippen LogP contribution in [-0.2, 0) is 9.84 Å². The molecule has 2 heterocycles. The molecule has 1 fully saturated rings. The lowest BCUT2D eigenvalue weighted by Gasteiger charge is -2.34. The van der Waals surface area contributed by atoms with E-state index in [1.165, 1.54) is 0 Å². The highest BCUT2D eigenvalue weighted by Crippen LogP contribution is 2.29. The number of aromatic nitrogens is 1. The summed E-state index contributed by atoms with van der Waals surface area (Å²) in [6, 6.07) is 1.69. The topological polar surface area (TPSA) is 50.3 Å². The fraction of sp³-hybridized carbons (Fsp3) is 0.500. The summed E-state index contributed by atoms with van der Waals surface area (Å²) in [5, 5.41) is 0.554. The molecule has 0 radical (unpaired) electrons. The van der Waals surface area contributed by atoms with Gasteiger partial charge in [-0.1, -0.05) is 11.6 Å². The highest BCUT2D eigenvalue weighted by Gasteiger charge is 2.29. The second kappa shape index (κ2) is 4.74. The van der Waals surface area contributed by atoms with E-state index in [9.17, 15) is 8.42 Å². The Morgan fingerprint density at radius 1 is 1.59 bits per heavy atom. The number of pyridine rings is 1. The summed E-state index contributed by atoms with van der Waals surface area (Å²) in [6.07, 6.45) is 1.57. The van der Waals surface area contributed by atoms with E-state index in [-0.39, 0.29) is 17.5 Å². The Morgan fingerprint density at radius 2 is 2.29 bits per heavy atom. The van der Waals surface area contributed by atoms with Crippen LogP contribution in [0.3, 0.4) is 0 Å². The van der Waals surface area contributed by atoms with E-state index in [1.807, 2.05) is 11.8 Å². The monoisotopic (exact) mass is 338 g/mol. The van der Waals surface area contributed by atoms with Gasteiger partial charge < -0.3 is 4.90 Å². The predicted octanol–water partition coefficient (Wildman–Crippen LogP) is 2.12. The summed E-state index contributed by atoms with van der Waals surface area (Å²) in [5.41, 5.74) is 0. The van der Waals surface area contributed by atoms with Crippen LogP contribution in [0.2, 0.25) is 5.02 Å². The fourth-order valence-corrected chi connectivity index (χ4v) is 4.35. The first-order valence-electron chi connectivity index (χ1n) is 5.17. The molecule has 1 atom stereocenters. The molecule has 1 aliphatic heterocycles. The van der Waals surface area contributed by atoms with Gasteiger partial charge in [0.1, 0.15) is 5.82 Å². The first-order chi connectivity index (χ1) is 7.89. The number of nitrogens with zero attached hydrogens (tertiary/aromatic N) is 2. The zero-order valence-electron chi connectivity index (χ0n) is 9.23. The lowest BCUT2D eigenvalue weighted by Crippen LogP contribution is -2.47. The predicted molar refractivity (Wildman–Crippen MR) is 72.4 cm³/mol. The SMILES string of the molecule is CC1CS(=O)(=O)CCN1c1ncc(Cl)cc1Br. The summed E-state index contributed by atoms with van der Waals surface area (Å²) < 4.78 is 23.8. The van der Waals surface area contributed by atoms with E-state index in [1.54, 1.807) is 12.3 Å². The zero-order chi connectivity index (χ0) is 12.6. The quantitative estimate of drug-likeness (QED) is 0.786. The molecule has 0 amide bonds. The third kappa shape index (κ3) is 2.92. The second-order valence-corrected chi connectivity index (χ2v) is 7.64. The molecular formula is C10H12BrClN2O2S. The van der Waals surface area contributed by atoms with Crippen molar-refractivity contribution in [3.05, 3.63) is 21.8 Å². The van der Waals surface area contributed by atoms with Gasteiger partial charge in [-0.2, -0.15) is 0 Å². The van der Waals surface area contributed by atoms with Crippen LogP contribution in [-0.4, -0.2) is 37.5 Å². The molecule has 4 nitrogen and oxygen atoms in total. The molecule has 17 heavy (non-hydrogen) atoms. The fourth-order valence-electron chi connectivity index (χ4n) is 1.93. The van der Waals surface area contributed by atoms with Gasteiger partial charge in [0.15, 0.2) is 9.84 Å². The lowest BCUT2D eigenvalue weighted by molar-refractivity contribution is 0.566. The number of halogens is 2. The molecular weight excluding hydrogens is 328 g/mol. The van der Waals surface area contributed by atoms with Crippen molar-refractivity contribution in [2.75, 3.05) is 23.0 Å². The van der Waals surface area contributed by atoms with Gasteiger partial charge in [-0.25, -0.2) is 13.4 Å². The maximum Gasteiger partial charge on any atom is 0.154 e. The maximum absolute atomic E-state index is 11.5. The lowest BCUT2D eigenvalue weighted by atomic mass is 10.3. The highest BCUT2D eigenvalue weighted by molar-refractivity contribution is 9.10. The van der Waals surface area contributed by atoms with Crippen molar-refractivity contribution in [1.82, 2.24) is 4.98 Å². The first kappa shape index (κ1) is 13.1. The van der Waals surface area contributed by atoms with Crippen LogP contribution in [0.25, 0.3) is 0 Å². The third-order valence-corrected chi connectivity index (χ3v) is 5.32. The Bertz CT molecular complexity index is 535. The van der Waals surface area contributed by atoms with Crippen molar-refractivity contribution in [2.24, 2.45) is 0 Å². The molecule has 1 aromatic rings. The molecule has 2 rings (SSSR count). The van der Waals surface area contributed by atoms with Crippen molar-refractivity contribution in [2.45, 2.75) is 13.0 Å². The van der Waals surface area contributed by atoms with Gasteiger partial charge in [-0.15, -0.1) is 0 Å². The largest absolute Gasteiger partial charge is 0.351 e. The molecule has 7 heteroatoms. The van der Waals surface area contributed by atoms with E-state index in [2.05, 4.69) is 20.9 Å². The average Bonchev–Trinajstić information content (AvgIpc) is 2.18. The maximum atomic E-state index is 11.5. The van der Waals surface area contributed by atoms with Gasteiger partial charge in [0.2, 0.25) is 0 Å². The number of anilines is 1. The molecule has 0 spiro atoms. The van der Waals surface area contributed by atoms with Crippen molar-refractivity contribution in [3.8, 4) is 0 Å². The average molecular weight is 340 g/mol. The van der Waals surface area contributed by atoms with Crippen LogP contribution in [0, 0.1) is 0 Å². The molecule has 1 unspecified atom stereocenters.